The van der Waals surface area contributed by atoms with Gasteiger partial charge in [-0.1, -0.05) is 82.2 Å². The summed E-state index contributed by atoms with van der Waals surface area (Å²) in [5.41, 5.74) is 10.0. The fraction of sp³-hybridized carbons (Fsp3) is 0.654. The minimum Gasteiger partial charge on any atom is -0.382 e. The minimum atomic E-state index is -1.19. The van der Waals surface area contributed by atoms with E-state index in [1.165, 1.54) is 38.5 Å². The van der Waals surface area contributed by atoms with Crippen LogP contribution in [0.1, 0.15) is 84.0 Å². The van der Waals surface area contributed by atoms with Gasteiger partial charge in [0.05, 0.1) is 5.69 Å². The highest BCUT2D eigenvalue weighted by Crippen LogP contribution is 2.27. The predicted octanol–water partition coefficient (Wildman–Crippen LogP) is 5.10. The van der Waals surface area contributed by atoms with Crippen molar-refractivity contribution in [2.75, 3.05) is 11.6 Å². The number of hydrogen-bond donors (Lipinski definition) is 3. The number of carbonyl (C=O) groups excluding carboxylic acids is 1. The Morgan fingerprint density at radius 2 is 1.81 bits per heavy atom. The topological polar surface area (TPSA) is 78.6 Å². The van der Waals surface area contributed by atoms with Crippen molar-refractivity contribution >= 4 is 11.6 Å². The molecular weight excluding hydrogens is 386 g/mol. The molecule has 5 nitrogen and oxygen atoms in total. The number of nitrogens with two attached hydrogens (primary N) is 1. The monoisotopic (exact) mass is 429 g/mol. The molecule has 5 heteroatoms. The maximum absolute atomic E-state index is 12.7. The maximum atomic E-state index is 12.7. The highest BCUT2D eigenvalue weighted by Gasteiger charge is 2.27. The average molecular weight is 430 g/mol. The molecule has 2 atom stereocenters. The number of aliphatic hydroxyl groups is 1. The molecule has 0 radical (unpaired) electrons. The Morgan fingerprint density at radius 3 is 2.48 bits per heavy atom. The number of hydrogen-bond acceptors (Lipinski definition) is 4. The van der Waals surface area contributed by atoms with Crippen LogP contribution >= 0.6 is 0 Å². The lowest BCUT2D eigenvalue weighted by molar-refractivity contribution is -0.130. The highest BCUT2D eigenvalue weighted by atomic mass is 16.3. The number of hydrazine groups is 1. The zero-order chi connectivity index (χ0) is 22.3. The normalized spacial score (nSPS) is 16.9. The molecule has 1 unspecified atom stereocenters. The van der Waals surface area contributed by atoms with Gasteiger partial charge in [-0.05, 0) is 50.2 Å². The number of anilines is 1. The van der Waals surface area contributed by atoms with Crippen molar-refractivity contribution in [1.29, 1.82) is 0 Å². The molecule has 1 aliphatic rings. The van der Waals surface area contributed by atoms with Gasteiger partial charge in [0, 0.05) is 12.6 Å². The van der Waals surface area contributed by atoms with Crippen LogP contribution < -0.4 is 16.2 Å². The number of carbonyl (C=O) groups is 1. The fourth-order valence-corrected chi connectivity index (χ4v) is 4.30. The molecule has 1 aromatic carbocycles. The van der Waals surface area contributed by atoms with Crippen molar-refractivity contribution in [3.8, 4) is 0 Å². The first-order valence-corrected chi connectivity index (χ1v) is 12.3. The van der Waals surface area contributed by atoms with Crippen LogP contribution in [0.4, 0.5) is 5.69 Å². The van der Waals surface area contributed by atoms with Gasteiger partial charge in [0.2, 0.25) is 0 Å². The molecule has 0 aromatic heterocycles. The third-order valence-electron chi connectivity index (χ3n) is 6.21. The van der Waals surface area contributed by atoms with Crippen LogP contribution in [0, 0.1) is 5.92 Å². The van der Waals surface area contributed by atoms with Crippen molar-refractivity contribution in [2.24, 2.45) is 11.7 Å². The molecule has 0 heterocycles. The number of unbranched alkanes of at least 4 members (excludes halogenated alkanes) is 4. The summed E-state index contributed by atoms with van der Waals surface area (Å²) in [6.45, 7) is 2.90. The first-order valence-electron chi connectivity index (χ1n) is 12.3. The molecule has 1 saturated carbocycles. The molecule has 2 rings (SSSR count). The van der Waals surface area contributed by atoms with Gasteiger partial charge < -0.3 is 10.8 Å². The molecule has 0 aliphatic heterocycles. The van der Waals surface area contributed by atoms with Crippen molar-refractivity contribution < 1.29 is 9.90 Å². The van der Waals surface area contributed by atoms with E-state index in [-0.39, 0.29) is 0 Å². The van der Waals surface area contributed by atoms with E-state index in [9.17, 15) is 9.90 Å². The summed E-state index contributed by atoms with van der Waals surface area (Å²) in [5, 5.41) is 12.4. The van der Waals surface area contributed by atoms with Crippen LogP contribution in [0.25, 0.3) is 0 Å². The van der Waals surface area contributed by atoms with E-state index in [2.05, 4.69) is 24.5 Å². The summed E-state index contributed by atoms with van der Waals surface area (Å²) < 4.78 is 0. The molecule has 1 aliphatic carbocycles. The number of allylic oxidation sites excluding steroid dienone is 2. The second kappa shape index (κ2) is 15.0. The zero-order valence-electron chi connectivity index (χ0n) is 19.3. The smallest absolute Gasteiger partial charge is 0.268 e. The summed E-state index contributed by atoms with van der Waals surface area (Å²) in [6, 6.07) is 9.27. The quantitative estimate of drug-likeness (QED) is 0.218. The van der Waals surface area contributed by atoms with Gasteiger partial charge in [0.1, 0.15) is 6.10 Å². The molecule has 0 bridgehead atoms. The number of benzene rings is 1. The Hall–Kier alpha value is -1.85. The van der Waals surface area contributed by atoms with Crippen LogP contribution in [0.2, 0.25) is 0 Å². The zero-order valence-corrected chi connectivity index (χ0v) is 19.3. The Bertz CT molecular complexity index is 629. The first kappa shape index (κ1) is 25.4. The third kappa shape index (κ3) is 9.88. The van der Waals surface area contributed by atoms with E-state index >= 15 is 0 Å². The SMILES string of the molecule is CCCCC/C=C\CCCN(NC(=O)C(O)[C@H](N)CC1CCCCC1)c1ccccc1. The Kier molecular flexibility index (Phi) is 12.3. The van der Waals surface area contributed by atoms with Gasteiger partial charge in [-0.25, -0.2) is 0 Å². The molecule has 1 fully saturated rings. The van der Waals surface area contributed by atoms with E-state index in [0.29, 0.717) is 18.9 Å². The molecular formula is C26H43N3O2. The lowest BCUT2D eigenvalue weighted by Crippen LogP contribution is -2.53. The Morgan fingerprint density at radius 1 is 1.13 bits per heavy atom. The minimum absolute atomic E-state index is 0.415. The van der Waals surface area contributed by atoms with Crippen LogP contribution in [0.5, 0.6) is 0 Å². The van der Waals surface area contributed by atoms with Gasteiger partial charge in [0.15, 0.2) is 0 Å². The number of para-hydroxylation sites is 1. The largest absolute Gasteiger partial charge is 0.382 e. The molecule has 1 amide bonds. The van der Waals surface area contributed by atoms with Gasteiger partial charge in [-0.2, -0.15) is 0 Å². The van der Waals surface area contributed by atoms with E-state index in [1.807, 2.05) is 35.3 Å². The molecule has 1 aromatic rings. The highest BCUT2D eigenvalue weighted by molar-refractivity contribution is 5.82. The number of nitrogens with one attached hydrogen (secondary N) is 1. The summed E-state index contributed by atoms with van der Waals surface area (Å²) in [5.74, 6) is 0.114. The van der Waals surface area contributed by atoms with E-state index in [1.54, 1.807) is 0 Å². The summed E-state index contributed by atoms with van der Waals surface area (Å²) in [4.78, 5) is 12.7. The van der Waals surface area contributed by atoms with E-state index in [0.717, 1.165) is 37.8 Å². The average Bonchev–Trinajstić information content (AvgIpc) is 2.80. The van der Waals surface area contributed by atoms with Crippen molar-refractivity contribution in [2.45, 2.75) is 96.1 Å². The first-order chi connectivity index (χ1) is 15.1. The van der Waals surface area contributed by atoms with E-state index in [4.69, 9.17) is 5.73 Å². The van der Waals surface area contributed by atoms with Gasteiger partial charge >= 0.3 is 0 Å². The van der Waals surface area contributed by atoms with Gasteiger partial charge in [-0.3, -0.25) is 15.2 Å². The number of aliphatic hydroxyl groups excluding tert-OH is 1. The second-order valence-corrected chi connectivity index (χ2v) is 8.92. The summed E-state index contributed by atoms with van der Waals surface area (Å²) >= 11 is 0. The number of amides is 1. The maximum Gasteiger partial charge on any atom is 0.268 e. The Labute approximate surface area is 189 Å². The molecule has 174 valence electrons. The molecule has 0 spiro atoms. The second-order valence-electron chi connectivity index (χ2n) is 8.92. The van der Waals surface area contributed by atoms with Crippen molar-refractivity contribution in [1.82, 2.24) is 5.43 Å². The van der Waals surface area contributed by atoms with Crippen molar-refractivity contribution in [3.05, 3.63) is 42.5 Å². The van der Waals surface area contributed by atoms with E-state index < -0.39 is 18.1 Å². The number of nitrogens with zero attached hydrogens (tertiary/aromatic N) is 1. The molecule has 31 heavy (non-hydrogen) atoms. The lowest BCUT2D eigenvalue weighted by Gasteiger charge is -2.30. The van der Waals surface area contributed by atoms with Gasteiger partial charge in [-0.15, -0.1) is 0 Å². The van der Waals surface area contributed by atoms with Gasteiger partial charge in [0.25, 0.3) is 5.91 Å². The Balaban J connectivity index is 1.84. The van der Waals surface area contributed by atoms with Crippen LogP contribution in [0.15, 0.2) is 42.5 Å². The third-order valence-corrected chi connectivity index (χ3v) is 6.21. The van der Waals surface area contributed by atoms with Crippen LogP contribution in [0.3, 0.4) is 0 Å². The molecule has 0 saturated heterocycles. The predicted molar refractivity (Wildman–Crippen MR) is 130 cm³/mol. The number of rotatable bonds is 14. The molecule has 4 N–H and O–H groups in total. The van der Waals surface area contributed by atoms with Crippen LogP contribution in [-0.4, -0.2) is 29.7 Å². The van der Waals surface area contributed by atoms with Crippen molar-refractivity contribution in [3.63, 3.8) is 0 Å². The summed E-state index contributed by atoms with van der Waals surface area (Å²) in [7, 11) is 0. The van der Waals surface area contributed by atoms with Crippen LogP contribution in [-0.2, 0) is 4.79 Å². The lowest BCUT2D eigenvalue weighted by atomic mass is 9.84. The summed E-state index contributed by atoms with van der Waals surface area (Å²) in [6.07, 6.45) is 16.9. The standard InChI is InChI=1S/C26H43N3O2/c1-2-3-4-5-6-7-8-15-20-29(23-18-13-10-14-19-23)28-26(31)25(30)24(27)21-22-16-11-9-12-17-22/h6-7,10,13-14,18-19,22,24-25,30H,2-5,8-9,11-12,15-17,20-21,27H2,1H3,(H,28,31)/b7-6-/t24-,25?/m1/s1. The fourth-order valence-electron chi connectivity index (χ4n) is 4.30.